The summed E-state index contributed by atoms with van der Waals surface area (Å²) in [5.41, 5.74) is 1.64. The normalized spacial score (nSPS) is 15.2. The minimum atomic E-state index is -1.19. The number of carbonyl (C=O) groups is 2. The SMILES string of the molecule is COc1cc(/C=C2/C(=O)N(c3ccc(Cl)c(C(=O)O)c3)N=C2C)ccc1O. The van der Waals surface area contributed by atoms with E-state index in [1.165, 1.54) is 31.4 Å². The molecule has 0 bridgehead atoms. The molecule has 1 heterocycles. The van der Waals surface area contributed by atoms with E-state index in [-0.39, 0.29) is 22.1 Å². The first-order valence-corrected chi connectivity index (χ1v) is 8.21. The summed E-state index contributed by atoms with van der Waals surface area (Å²) < 4.78 is 5.07. The van der Waals surface area contributed by atoms with Gasteiger partial charge in [0.25, 0.3) is 5.91 Å². The fourth-order valence-electron chi connectivity index (χ4n) is 2.62. The number of hydrazone groups is 1. The Bertz CT molecular complexity index is 1010. The first kappa shape index (κ1) is 18.5. The smallest absolute Gasteiger partial charge is 0.337 e. The molecule has 138 valence electrons. The van der Waals surface area contributed by atoms with Crippen molar-refractivity contribution in [3.8, 4) is 11.5 Å². The van der Waals surface area contributed by atoms with Gasteiger partial charge in [0, 0.05) is 0 Å². The monoisotopic (exact) mass is 386 g/mol. The molecule has 2 aromatic rings. The van der Waals surface area contributed by atoms with Crippen molar-refractivity contribution in [2.24, 2.45) is 5.10 Å². The molecule has 2 N–H and O–H groups in total. The van der Waals surface area contributed by atoms with Crippen molar-refractivity contribution in [2.45, 2.75) is 6.92 Å². The number of hydrogen-bond acceptors (Lipinski definition) is 5. The number of phenolic OH excluding ortho intramolecular Hbond substituents is 1. The van der Waals surface area contributed by atoms with E-state index in [1.807, 2.05) is 0 Å². The first-order valence-electron chi connectivity index (χ1n) is 7.83. The van der Waals surface area contributed by atoms with Gasteiger partial charge in [-0.1, -0.05) is 17.7 Å². The number of aromatic carboxylic acids is 1. The standard InChI is InChI=1S/C19H15ClN2O5/c1-10-13(7-11-3-6-16(23)17(8-11)27-2)18(24)22(21-10)12-4-5-15(20)14(9-12)19(25)26/h3-9,23H,1-2H3,(H,25,26)/b13-7+. The number of halogens is 1. The Balaban J connectivity index is 1.97. The highest BCUT2D eigenvalue weighted by Crippen LogP contribution is 2.31. The van der Waals surface area contributed by atoms with E-state index in [1.54, 1.807) is 25.1 Å². The average Bonchev–Trinajstić information content (AvgIpc) is 2.91. The fraction of sp³-hybridized carbons (Fsp3) is 0.105. The Morgan fingerprint density at radius 3 is 2.67 bits per heavy atom. The van der Waals surface area contributed by atoms with Crippen LogP contribution in [-0.4, -0.2) is 34.9 Å². The molecule has 2 aromatic carbocycles. The number of nitrogens with zero attached hydrogens (tertiary/aromatic N) is 2. The van der Waals surface area contributed by atoms with Gasteiger partial charge in [0.1, 0.15) is 0 Å². The zero-order valence-corrected chi connectivity index (χ0v) is 15.2. The topological polar surface area (TPSA) is 99.4 Å². The number of carbonyl (C=O) groups excluding carboxylic acids is 1. The molecule has 7 nitrogen and oxygen atoms in total. The maximum Gasteiger partial charge on any atom is 0.337 e. The van der Waals surface area contributed by atoms with Crippen molar-refractivity contribution in [1.29, 1.82) is 0 Å². The molecule has 3 rings (SSSR count). The van der Waals surface area contributed by atoms with Gasteiger partial charge in [-0.05, 0) is 48.9 Å². The van der Waals surface area contributed by atoms with Crippen LogP contribution in [0, 0.1) is 0 Å². The highest BCUT2D eigenvalue weighted by Gasteiger charge is 2.29. The molecule has 27 heavy (non-hydrogen) atoms. The van der Waals surface area contributed by atoms with Gasteiger partial charge in [0.15, 0.2) is 11.5 Å². The molecule has 0 unspecified atom stereocenters. The van der Waals surface area contributed by atoms with Crippen LogP contribution in [0.4, 0.5) is 5.69 Å². The van der Waals surface area contributed by atoms with Crippen molar-refractivity contribution < 1.29 is 24.5 Å². The Morgan fingerprint density at radius 2 is 2.00 bits per heavy atom. The van der Waals surface area contributed by atoms with Crippen LogP contribution in [0.1, 0.15) is 22.8 Å². The molecular weight excluding hydrogens is 372 g/mol. The molecule has 0 spiro atoms. The summed E-state index contributed by atoms with van der Waals surface area (Å²) in [5, 5.41) is 24.3. The van der Waals surface area contributed by atoms with Crippen LogP contribution in [0.2, 0.25) is 5.02 Å². The third-order valence-electron chi connectivity index (χ3n) is 4.00. The number of hydrogen-bond donors (Lipinski definition) is 2. The summed E-state index contributed by atoms with van der Waals surface area (Å²) >= 11 is 5.88. The van der Waals surface area contributed by atoms with E-state index >= 15 is 0 Å². The third kappa shape index (κ3) is 3.50. The Hall–Kier alpha value is -3.32. The number of anilines is 1. The molecular formula is C19H15ClN2O5. The molecule has 0 fully saturated rings. The maximum absolute atomic E-state index is 12.8. The molecule has 0 saturated carbocycles. The largest absolute Gasteiger partial charge is 0.504 e. The van der Waals surface area contributed by atoms with E-state index in [9.17, 15) is 19.8 Å². The lowest BCUT2D eigenvalue weighted by Gasteiger charge is -2.13. The molecule has 0 atom stereocenters. The number of aromatic hydroxyl groups is 1. The summed E-state index contributed by atoms with van der Waals surface area (Å²) in [6, 6.07) is 8.93. The zero-order valence-electron chi connectivity index (χ0n) is 14.4. The van der Waals surface area contributed by atoms with Crippen molar-refractivity contribution >= 4 is 41.0 Å². The fourth-order valence-corrected chi connectivity index (χ4v) is 2.82. The van der Waals surface area contributed by atoms with Crippen molar-refractivity contribution in [3.05, 3.63) is 58.1 Å². The Labute approximate surface area is 159 Å². The first-order chi connectivity index (χ1) is 12.8. The molecule has 1 aliphatic rings. The van der Waals surface area contributed by atoms with Gasteiger partial charge < -0.3 is 14.9 Å². The van der Waals surface area contributed by atoms with Crippen LogP contribution in [0.25, 0.3) is 6.08 Å². The molecule has 0 saturated heterocycles. The second-order valence-corrected chi connectivity index (χ2v) is 6.17. The zero-order chi connectivity index (χ0) is 19.7. The van der Waals surface area contributed by atoms with E-state index < -0.39 is 11.9 Å². The maximum atomic E-state index is 12.8. The molecule has 1 aliphatic heterocycles. The van der Waals surface area contributed by atoms with Gasteiger partial charge in [-0.2, -0.15) is 10.1 Å². The van der Waals surface area contributed by atoms with Crippen molar-refractivity contribution in [1.82, 2.24) is 0 Å². The average molecular weight is 387 g/mol. The number of carboxylic acids is 1. The van der Waals surface area contributed by atoms with Crippen LogP contribution >= 0.6 is 11.6 Å². The number of ether oxygens (including phenoxy) is 1. The minimum Gasteiger partial charge on any atom is -0.504 e. The summed E-state index contributed by atoms with van der Waals surface area (Å²) in [4.78, 5) is 24.1. The lowest BCUT2D eigenvalue weighted by atomic mass is 10.1. The predicted molar refractivity (Wildman–Crippen MR) is 102 cm³/mol. The van der Waals surface area contributed by atoms with E-state index in [0.29, 0.717) is 22.5 Å². The number of benzene rings is 2. The second-order valence-electron chi connectivity index (χ2n) is 5.76. The Morgan fingerprint density at radius 1 is 1.26 bits per heavy atom. The van der Waals surface area contributed by atoms with Crippen molar-refractivity contribution in [3.63, 3.8) is 0 Å². The Kier molecular flexibility index (Phi) is 4.87. The molecule has 0 radical (unpaired) electrons. The molecule has 0 aliphatic carbocycles. The highest BCUT2D eigenvalue weighted by atomic mass is 35.5. The van der Waals surface area contributed by atoms with Crippen LogP contribution in [-0.2, 0) is 4.79 Å². The van der Waals surface area contributed by atoms with Crippen LogP contribution in [0.5, 0.6) is 11.5 Å². The summed E-state index contributed by atoms with van der Waals surface area (Å²) in [6.45, 7) is 1.68. The van der Waals surface area contributed by atoms with Gasteiger partial charge in [0.2, 0.25) is 0 Å². The lowest BCUT2D eigenvalue weighted by Crippen LogP contribution is -2.21. The minimum absolute atomic E-state index is 0.00761. The summed E-state index contributed by atoms with van der Waals surface area (Å²) in [6.07, 6.45) is 1.62. The van der Waals surface area contributed by atoms with Gasteiger partial charge >= 0.3 is 5.97 Å². The molecule has 8 heteroatoms. The number of carboxylic acid groups (broad SMARTS) is 1. The molecule has 0 aromatic heterocycles. The number of amides is 1. The summed E-state index contributed by atoms with van der Waals surface area (Å²) in [5.74, 6) is -1.32. The highest BCUT2D eigenvalue weighted by molar-refractivity contribution is 6.34. The molecule has 1 amide bonds. The second kappa shape index (κ2) is 7.13. The van der Waals surface area contributed by atoms with E-state index in [2.05, 4.69) is 5.10 Å². The van der Waals surface area contributed by atoms with E-state index in [4.69, 9.17) is 16.3 Å². The van der Waals surface area contributed by atoms with Crippen LogP contribution in [0.3, 0.4) is 0 Å². The van der Waals surface area contributed by atoms with Gasteiger partial charge in [-0.3, -0.25) is 4.79 Å². The summed E-state index contributed by atoms with van der Waals surface area (Å²) in [7, 11) is 1.43. The van der Waals surface area contributed by atoms with Crippen molar-refractivity contribution in [2.75, 3.05) is 12.1 Å². The van der Waals surface area contributed by atoms with E-state index in [0.717, 1.165) is 5.01 Å². The van der Waals surface area contributed by atoms with Gasteiger partial charge in [-0.15, -0.1) is 0 Å². The van der Waals surface area contributed by atoms with Crippen LogP contribution < -0.4 is 9.75 Å². The number of phenols is 1. The lowest BCUT2D eigenvalue weighted by molar-refractivity contribution is -0.114. The number of methoxy groups -OCH3 is 1. The number of rotatable bonds is 4. The third-order valence-corrected chi connectivity index (χ3v) is 4.33. The predicted octanol–water partition coefficient (Wildman–Crippen LogP) is 3.56. The quantitative estimate of drug-likeness (QED) is 0.782. The van der Waals surface area contributed by atoms with Gasteiger partial charge in [-0.25, -0.2) is 4.79 Å². The van der Waals surface area contributed by atoms with Crippen LogP contribution in [0.15, 0.2) is 47.1 Å². The van der Waals surface area contributed by atoms with Gasteiger partial charge in [0.05, 0.1) is 34.7 Å².